The standard InChI is InChI=1S/C21H16F2N2O4/c22-14-6-7-17(18(23)9-14)19-10-15(24-29-19)12-28-21(27)13-8-20(26)25(11-13)16-4-2-1-3-5-16/h1-7,9-10,13H,8,11-12H2. The quantitative estimate of drug-likeness (QED) is 0.613. The van der Waals surface area contributed by atoms with Crippen molar-refractivity contribution >= 4 is 17.6 Å². The molecule has 0 aliphatic carbocycles. The minimum Gasteiger partial charge on any atom is -0.459 e. The van der Waals surface area contributed by atoms with Gasteiger partial charge in [-0.3, -0.25) is 9.59 Å². The third-order valence-corrected chi connectivity index (χ3v) is 4.64. The van der Waals surface area contributed by atoms with Gasteiger partial charge in [-0.15, -0.1) is 0 Å². The van der Waals surface area contributed by atoms with Crippen LogP contribution in [0.3, 0.4) is 0 Å². The Morgan fingerprint density at radius 3 is 2.72 bits per heavy atom. The third kappa shape index (κ3) is 4.01. The molecule has 1 fully saturated rings. The first-order chi connectivity index (χ1) is 14.0. The van der Waals surface area contributed by atoms with E-state index in [-0.39, 0.29) is 42.5 Å². The zero-order chi connectivity index (χ0) is 20.4. The topological polar surface area (TPSA) is 72.6 Å². The number of amides is 1. The van der Waals surface area contributed by atoms with E-state index in [4.69, 9.17) is 9.26 Å². The first-order valence-electron chi connectivity index (χ1n) is 8.94. The van der Waals surface area contributed by atoms with E-state index in [0.717, 1.165) is 17.8 Å². The predicted octanol–water partition coefficient (Wildman–Crippen LogP) is 3.72. The van der Waals surface area contributed by atoms with E-state index in [1.54, 1.807) is 17.0 Å². The van der Waals surface area contributed by atoms with Crippen LogP contribution in [0.4, 0.5) is 14.5 Å². The summed E-state index contributed by atoms with van der Waals surface area (Å²) in [5, 5.41) is 3.74. The van der Waals surface area contributed by atoms with Crippen LogP contribution in [-0.4, -0.2) is 23.6 Å². The highest BCUT2D eigenvalue weighted by molar-refractivity contribution is 5.99. The zero-order valence-corrected chi connectivity index (χ0v) is 15.2. The summed E-state index contributed by atoms with van der Waals surface area (Å²) < 4.78 is 37.1. The maximum atomic E-state index is 13.8. The molecule has 1 atom stereocenters. The van der Waals surface area contributed by atoms with Gasteiger partial charge in [-0.2, -0.15) is 0 Å². The Kier molecular flexibility index (Phi) is 5.07. The number of ether oxygens (including phenoxy) is 1. The Bertz CT molecular complexity index is 1050. The van der Waals surface area contributed by atoms with Crippen LogP contribution in [0.25, 0.3) is 11.3 Å². The molecule has 6 nitrogen and oxygen atoms in total. The van der Waals surface area contributed by atoms with Crippen LogP contribution < -0.4 is 4.90 Å². The highest BCUT2D eigenvalue weighted by atomic mass is 19.1. The van der Waals surface area contributed by atoms with Gasteiger partial charge in [0.15, 0.2) is 5.76 Å². The van der Waals surface area contributed by atoms with Crippen molar-refractivity contribution in [1.82, 2.24) is 5.16 Å². The van der Waals surface area contributed by atoms with Crippen molar-refractivity contribution in [2.75, 3.05) is 11.4 Å². The summed E-state index contributed by atoms with van der Waals surface area (Å²) in [5.41, 5.74) is 1.06. The molecule has 3 aromatic rings. The van der Waals surface area contributed by atoms with E-state index < -0.39 is 23.5 Å². The zero-order valence-electron chi connectivity index (χ0n) is 15.2. The second kappa shape index (κ2) is 7.83. The second-order valence-corrected chi connectivity index (χ2v) is 6.66. The van der Waals surface area contributed by atoms with Gasteiger partial charge in [-0.05, 0) is 24.3 Å². The fourth-order valence-corrected chi connectivity index (χ4v) is 3.18. The maximum absolute atomic E-state index is 13.8. The average molecular weight is 398 g/mol. The van der Waals surface area contributed by atoms with E-state index in [2.05, 4.69) is 5.16 Å². The lowest BCUT2D eigenvalue weighted by molar-refractivity contribution is -0.149. The monoisotopic (exact) mass is 398 g/mol. The van der Waals surface area contributed by atoms with Crippen molar-refractivity contribution in [3.05, 3.63) is 71.9 Å². The number of carbonyl (C=O) groups excluding carboxylic acids is 2. The average Bonchev–Trinajstić information content (AvgIpc) is 3.33. The fraction of sp³-hybridized carbons (Fsp3) is 0.190. The molecule has 0 N–H and O–H groups in total. The maximum Gasteiger partial charge on any atom is 0.311 e. The van der Waals surface area contributed by atoms with E-state index in [9.17, 15) is 18.4 Å². The number of para-hydroxylation sites is 1. The molecule has 29 heavy (non-hydrogen) atoms. The summed E-state index contributed by atoms with van der Waals surface area (Å²) in [6.45, 7) is 0.0632. The van der Waals surface area contributed by atoms with Crippen molar-refractivity contribution in [2.24, 2.45) is 5.92 Å². The Morgan fingerprint density at radius 2 is 1.97 bits per heavy atom. The van der Waals surface area contributed by atoms with E-state index in [0.29, 0.717) is 0 Å². The molecule has 148 valence electrons. The smallest absolute Gasteiger partial charge is 0.311 e. The van der Waals surface area contributed by atoms with Gasteiger partial charge < -0.3 is 14.2 Å². The lowest BCUT2D eigenvalue weighted by atomic mass is 10.1. The number of carbonyl (C=O) groups is 2. The molecule has 1 aliphatic heterocycles. The lowest BCUT2D eigenvalue weighted by Crippen LogP contribution is -2.26. The number of anilines is 1. The summed E-state index contributed by atoms with van der Waals surface area (Å²) in [6.07, 6.45) is 0.0680. The number of benzene rings is 2. The van der Waals surface area contributed by atoms with Gasteiger partial charge in [0.1, 0.15) is 23.9 Å². The van der Waals surface area contributed by atoms with Crippen LogP contribution in [-0.2, 0) is 20.9 Å². The number of hydrogen-bond acceptors (Lipinski definition) is 5. The molecule has 2 heterocycles. The van der Waals surface area contributed by atoms with Crippen LogP contribution in [0.1, 0.15) is 12.1 Å². The molecule has 1 aliphatic rings. The first kappa shape index (κ1) is 18.8. The minimum absolute atomic E-state index is 0.0522. The number of hydrogen-bond donors (Lipinski definition) is 0. The number of nitrogens with zero attached hydrogens (tertiary/aromatic N) is 2. The molecule has 1 aromatic heterocycles. The molecule has 0 radical (unpaired) electrons. The molecule has 8 heteroatoms. The van der Waals surface area contributed by atoms with Crippen molar-refractivity contribution in [3.8, 4) is 11.3 Å². The van der Waals surface area contributed by atoms with Crippen LogP contribution >= 0.6 is 0 Å². The Hall–Kier alpha value is -3.55. The van der Waals surface area contributed by atoms with Gasteiger partial charge in [0.25, 0.3) is 0 Å². The summed E-state index contributed by atoms with van der Waals surface area (Å²) in [5.74, 6) is -2.63. The lowest BCUT2D eigenvalue weighted by Gasteiger charge is -2.16. The van der Waals surface area contributed by atoms with Gasteiger partial charge in [0.05, 0.1) is 11.5 Å². The largest absolute Gasteiger partial charge is 0.459 e. The molecular formula is C21H16F2N2O4. The van der Waals surface area contributed by atoms with Gasteiger partial charge in [-0.25, -0.2) is 8.78 Å². The van der Waals surface area contributed by atoms with Crippen LogP contribution in [0.15, 0.2) is 59.1 Å². The molecule has 1 unspecified atom stereocenters. The van der Waals surface area contributed by atoms with Crippen molar-refractivity contribution in [2.45, 2.75) is 13.0 Å². The van der Waals surface area contributed by atoms with Crippen molar-refractivity contribution in [1.29, 1.82) is 0 Å². The molecule has 0 saturated carbocycles. The van der Waals surface area contributed by atoms with Crippen LogP contribution in [0.5, 0.6) is 0 Å². The highest BCUT2D eigenvalue weighted by Crippen LogP contribution is 2.27. The first-order valence-corrected chi connectivity index (χ1v) is 8.94. The second-order valence-electron chi connectivity index (χ2n) is 6.66. The Morgan fingerprint density at radius 1 is 1.17 bits per heavy atom. The third-order valence-electron chi connectivity index (χ3n) is 4.64. The molecule has 1 amide bonds. The minimum atomic E-state index is -0.782. The van der Waals surface area contributed by atoms with Crippen LogP contribution in [0, 0.1) is 17.6 Å². The summed E-state index contributed by atoms with van der Waals surface area (Å²) in [6, 6.07) is 13.6. The Balaban J connectivity index is 1.37. The number of esters is 1. The number of rotatable bonds is 5. The van der Waals surface area contributed by atoms with Gasteiger partial charge >= 0.3 is 5.97 Å². The van der Waals surface area contributed by atoms with E-state index >= 15 is 0 Å². The number of halogens is 2. The molecular weight excluding hydrogens is 382 g/mol. The molecule has 4 rings (SSSR count). The summed E-state index contributed by atoms with van der Waals surface area (Å²) in [7, 11) is 0. The highest BCUT2D eigenvalue weighted by Gasteiger charge is 2.36. The van der Waals surface area contributed by atoms with Crippen molar-refractivity contribution < 1.29 is 27.6 Å². The molecule has 2 aromatic carbocycles. The van der Waals surface area contributed by atoms with Gasteiger partial charge in [0, 0.05) is 30.8 Å². The molecule has 1 saturated heterocycles. The van der Waals surface area contributed by atoms with E-state index in [1.807, 2.05) is 18.2 Å². The van der Waals surface area contributed by atoms with Gasteiger partial charge in [-0.1, -0.05) is 23.4 Å². The fourth-order valence-electron chi connectivity index (χ4n) is 3.18. The van der Waals surface area contributed by atoms with Crippen molar-refractivity contribution in [3.63, 3.8) is 0 Å². The Labute approximate surface area is 164 Å². The predicted molar refractivity (Wildman–Crippen MR) is 98.6 cm³/mol. The van der Waals surface area contributed by atoms with E-state index in [1.165, 1.54) is 12.1 Å². The summed E-state index contributed by atoms with van der Waals surface area (Å²) in [4.78, 5) is 26.1. The van der Waals surface area contributed by atoms with Crippen LogP contribution in [0.2, 0.25) is 0 Å². The summed E-state index contributed by atoms with van der Waals surface area (Å²) >= 11 is 0. The van der Waals surface area contributed by atoms with Gasteiger partial charge in [0.2, 0.25) is 5.91 Å². The SMILES string of the molecule is O=C(OCc1cc(-c2ccc(F)cc2F)on1)C1CC(=O)N(c2ccccc2)C1. The molecule has 0 spiro atoms. The molecule has 0 bridgehead atoms. The normalized spacial score (nSPS) is 16.3. The number of aromatic nitrogens is 1.